The molecule has 1 aromatic heterocycles. The molecule has 1 aromatic rings. The molecule has 1 radical (unpaired) electrons. The van der Waals surface area contributed by atoms with Crippen LogP contribution in [0, 0.1) is 6.33 Å². The highest BCUT2D eigenvalue weighted by atomic mass is 16.2. The van der Waals surface area contributed by atoms with Gasteiger partial charge in [-0.1, -0.05) is 0 Å². The molecule has 0 aromatic carbocycles. The molecule has 0 saturated heterocycles. The van der Waals surface area contributed by atoms with Crippen molar-refractivity contribution in [2.75, 3.05) is 0 Å². The van der Waals surface area contributed by atoms with E-state index in [1.165, 1.54) is 7.05 Å². The van der Waals surface area contributed by atoms with E-state index >= 15 is 0 Å². The van der Waals surface area contributed by atoms with Crippen molar-refractivity contribution in [1.29, 1.82) is 0 Å². The van der Waals surface area contributed by atoms with Gasteiger partial charge in [-0.2, -0.15) is 4.98 Å². The third-order valence-corrected chi connectivity index (χ3v) is 1.32. The van der Waals surface area contributed by atoms with Gasteiger partial charge in [0, 0.05) is 7.05 Å². The highest BCUT2D eigenvalue weighted by molar-refractivity contribution is 5.48. The largest absolute Gasteiger partial charge is 0.339 e. The Kier molecular flexibility index (Phi) is 2.18. The predicted octanol–water partition coefficient (Wildman–Crippen LogP) is -2.06. The second-order valence-corrected chi connectivity index (χ2v) is 2.09. The van der Waals surface area contributed by atoms with Crippen LogP contribution in [0.3, 0.4) is 0 Å². The highest BCUT2D eigenvalue weighted by Crippen LogP contribution is 1.70. The predicted molar refractivity (Wildman–Crippen MR) is 38.6 cm³/mol. The molecule has 6 heteroatoms. The van der Waals surface area contributed by atoms with E-state index in [0.29, 0.717) is 6.29 Å². The lowest BCUT2D eigenvalue weighted by Crippen LogP contribution is -2.41. The zero-order chi connectivity index (χ0) is 9.14. The lowest BCUT2D eigenvalue weighted by Gasteiger charge is -2.04. The highest BCUT2D eigenvalue weighted by Gasteiger charge is 2.01. The van der Waals surface area contributed by atoms with Crippen molar-refractivity contribution < 1.29 is 4.79 Å². The fourth-order valence-electron chi connectivity index (χ4n) is 0.742. The van der Waals surface area contributed by atoms with Crippen molar-refractivity contribution in [1.82, 2.24) is 14.3 Å². The van der Waals surface area contributed by atoms with Crippen molar-refractivity contribution in [3.05, 3.63) is 27.0 Å². The molecule has 0 atom stereocenters. The summed E-state index contributed by atoms with van der Waals surface area (Å²) in [6, 6.07) is 0. The van der Waals surface area contributed by atoms with E-state index < -0.39 is 11.1 Å². The first-order chi connectivity index (χ1) is 5.66. The van der Waals surface area contributed by atoms with Crippen LogP contribution in [0.2, 0.25) is 0 Å². The molecule has 1 rings (SSSR count). The van der Waals surface area contributed by atoms with E-state index in [0.717, 1.165) is 9.36 Å². The normalized spacial score (nSPS) is 9.75. The summed E-state index contributed by atoms with van der Waals surface area (Å²) in [5.74, 6) is 0. The summed E-state index contributed by atoms with van der Waals surface area (Å²) in [4.78, 5) is 34.9. The first kappa shape index (κ1) is 8.38. The first-order valence-electron chi connectivity index (χ1n) is 3.16. The number of hydrogen-bond acceptors (Lipinski definition) is 4. The Bertz CT molecular complexity index is 403. The molecule has 63 valence electrons. The number of carbonyl (C=O) groups excluding carboxylic acids is 1. The zero-order valence-corrected chi connectivity index (χ0v) is 6.35. The fourth-order valence-corrected chi connectivity index (χ4v) is 0.742. The molecule has 1 heterocycles. The van der Waals surface area contributed by atoms with Crippen LogP contribution >= 0.6 is 0 Å². The summed E-state index contributed by atoms with van der Waals surface area (Å²) < 4.78 is 2.11. The number of aromatic nitrogens is 3. The molecule has 0 spiro atoms. The van der Waals surface area contributed by atoms with E-state index in [9.17, 15) is 14.4 Å². The molecular weight excluding hydrogens is 162 g/mol. The first-order valence-corrected chi connectivity index (χ1v) is 3.16. The Morgan fingerprint density at radius 2 is 2.25 bits per heavy atom. The van der Waals surface area contributed by atoms with E-state index in [1.807, 2.05) is 0 Å². The third-order valence-electron chi connectivity index (χ3n) is 1.32. The van der Waals surface area contributed by atoms with Gasteiger partial charge in [-0.25, -0.2) is 4.68 Å². The molecular formula is C6H6N3O3. The summed E-state index contributed by atoms with van der Waals surface area (Å²) in [5, 5.41) is 0. The van der Waals surface area contributed by atoms with Crippen LogP contribution in [0.1, 0.15) is 0 Å². The van der Waals surface area contributed by atoms with Crippen LogP contribution in [-0.2, 0) is 18.4 Å². The van der Waals surface area contributed by atoms with Gasteiger partial charge in [0.05, 0.1) is 6.54 Å². The van der Waals surface area contributed by atoms with E-state index in [-0.39, 0.29) is 6.54 Å². The second-order valence-electron chi connectivity index (χ2n) is 2.09. The lowest BCUT2D eigenvalue weighted by molar-refractivity contribution is -0.108. The average molecular weight is 168 g/mol. The van der Waals surface area contributed by atoms with Crippen molar-refractivity contribution in [3.8, 4) is 0 Å². The molecule has 0 amide bonds. The standard InChI is InChI=1S/C6H6N3O3/c1-8-4-7-5(11)6(12)9(8)2-3-10/h3H,2H2,1H3. The maximum atomic E-state index is 11.0. The zero-order valence-electron chi connectivity index (χ0n) is 6.35. The van der Waals surface area contributed by atoms with Crippen LogP contribution < -0.4 is 11.1 Å². The monoisotopic (exact) mass is 168 g/mol. The van der Waals surface area contributed by atoms with Crippen molar-refractivity contribution in [3.63, 3.8) is 0 Å². The van der Waals surface area contributed by atoms with Crippen LogP contribution in [0.25, 0.3) is 0 Å². The Morgan fingerprint density at radius 1 is 1.58 bits per heavy atom. The molecule has 0 N–H and O–H groups in total. The van der Waals surface area contributed by atoms with E-state index in [1.54, 1.807) is 0 Å². The van der Waals surface area contributed by atoms with Crippen molar-refractivity contribution in [2.24, 2.45) is 7.05 Å². The van der Waals surface area contributed by atoms with Gasteiger partial charge < -0.3 is 4.79 Å². The fraction of sp³-hybridized carbons (Fsp3) is 0.333. The molecule has 0 saturated carbocycles. The topological polar surface area (TPSA) is 74.0 Å². The molecule has 6 nitrogen and oxygen atoms in total. The van der Waals surface area contributed by atoms with Gasteiger partial charge in [-0.15, -0.1) is 0 Å². The minimum absolute atomic E-state index is 0.163. The summed E-state index contributed by atoms with van der Waals surface area (Å²) >= 11 is 0. The van der Waals surface area contributed by atoms with Crippen LogP contribution in [0.5, 0.6) is 0 Å². The smallest absolute Gasteiger partial charge is 0.301 e. The molecule has 0 fully saturated rings. The maximum absolute atomic E-state index is 11.0. The number of hydrogen-bond donors (Lipinski definition) is 0. The van der Waals surface area contributed by atoms with Gasteiger partial charge >= 0.3 is 11.1 Å². The SMILES string of the molecule is Cn1[c]nc(=O)c(=O)n1CC=O. The Morgan fingerprint density at radius 3 is 2.83 bits per heavy atom. The average Bonchev–Trinajstić information content (AvgIpc) is 2.06. The van der Waals surface area contributed by atoms with Gasteiger partial charge in [0.15, 0.2) is 6.33 Å². The minimum atomic E-state index is -0.907. The van der Waals surface area contributed by atoms with Crippen molar-refractivity contribution >= 4 is 6.29 Å². The molecule has 0 unspecified atom stereocenters. The third kappa shape index (κ3) is 1.31. The molecule has 0 aliphatic heterocycles. The number of rotatable bonds is 2. The number of aldehydes is 1. The van der Waals surface area contributed by atoms with Crippen LogP contribution in [0.15, 0.2) is 9.59 Å². The summed E-state index contributed by atoms with van der Waals surface area (Å²) in [6.07, 6.45) is 2.77. The molecule has 0 bridgehead atoms. The van der Waals surface area contributed by atoms with Crippen molar-refractivity contribution in [2.45, 2.75) is 6.54 Å². The second kappa shape index (κ2) is 3.12. The summed E-state index contributed by atoms with van der Waals surface area (Å²) in [7, 11) is 1.47. The van der Waals surface area contributed by atoms with Gasteiger partial charge in [-0.05, 0) is 0 Å². The maximum Gasteiger partial charge on any atom is 0.339 e. The van der Waals surface area contributed by atoms with Crippen LogP contribution in [-0.4, -0.2) is 20.6 Å². The Hall–Kier alpha value is -1.72. The number of nitrogens with zero attached hydrogens (tertiary/aromatic N) is 3. The van der Waals surface area contributed by atoms with Gasteiger partial charge in [0.25, 0.3) is 0 Å². The van der Waals surface area contributed by atoms with Gasteiger partial charge in [0.1, 0.15) is 6.29 Å². The molecule has 0 aliphatic rings. The Balaban J connectivity index is 3.43. The lowest BCUT2D eigenvalue weighted by atomic mass is 10.7. The molecule has 0 aliphatic carbocycles. The number of aryl methyl sites for hydroxylation is 1. The van der Waals surface area contributed by atoms with Crippen LogP contribution in [0.4, 0.5) is 0 Å². The number of carbonyl (C=O) groups is 1. The minimum Gasteiger partial charge on any atom is -0.301 e. The summed E-state index contributed by atoms with van der Waals surface area (Å²) in [5.41, 5.74) is -1.72. The van der Waals surface area contributed by atoms with Gasteiger partial charge in [0.2, 0.25) is 0 Å². The molecule has 12 heavy (non-hydrogen) atoms. The van der Waals surface area contributed by atoms with Gasteiger partial charge in [-0.3, -0.25) is 14.3 Å². The quantitative estimate of drug-likeness (QED) is 0.376. The Labute approximate surface area is 67.1 Å². The summed E-state index contributed by atoms with van der Waals surface area (Å²) in [6.45, 7) is -0.163. The van der Waals surface area contributed by atoms with E-state index in [2.05, 4.69) is 11.3 Å². The van der Waals surface area contributed by atoms with E-state index in [4.69, 9.17) is 0 Å².